The first-order valence-corrected chi connectivity index (χ1v) is 7.62. The maximum Gasteiger partial charge on any atom is 0.163 e. The van der Waals surface area contributed by atoms with E-state index in [-0.39, 0.29) is 5.78 Å². The third-order valence-electron chi connectivity index (χ3n) is 3.67. The van der Waals surface area contributed by atoms with Gasteiger partial charge in [-0.1, -0.05) is 29.3 Å². The van der Waals surface area contributed by atoms with Crippen LogP contribution in [0.25, 0.3) is 0 Å². The zero-order valence-corrected chi connectivity index (χ0v) is 12.9. The standard InChI is InChI=1S/C17H14Cl2O2/c18-15-4-2-5-16(19)14(15)10-21-12-7-8-13-11(9-12)3-1-6-17(13)20/h2,4-5,7-9H,1,3,6,10H2. The van der Waals surface area contributed by atoms with Crippen LogP contribution in [0.5, 0.6) is 5.75 Å². The zero-order chi connectivity index (χ0) is 14.8. The summed E-state index contributed by atoms with van der Waals surface area (Å²) in [6, 6.07) is 11.0. The van der Waals surface area contributed by atoms with Gasteiger partial charge in [-0.05, 0) is 48.7 Å². The van der Waals surface area contributed by atoms with E-state index in [0.717, 1.165) is 35.3 Å². The second-order valence-electron chi connectivity index (χ2n) is 5.08. The molecule has 0 radical (unpaired) electrons. The molecule has 0 saturated carbocycles. The van der Waals surface area contributed by atoms with Gasteiger partial charge in [0.25, 0.3) is 0 Å². The van der Waals surface area contributed by atoms with Crippen LogP contribution in [0.2, 0.25) is 10.0 Å². The molecule has 0 heterocycles. The van der Waals surface area contributed by atoms with E-state index >= 15 is 0 Å². The molecule has 2 aromatic rings. The zero-order valence-electron chi connectivity index (χ0n) is 11.4. The summed E-state index contributed by atoms with van der Waals surface area (Å²) in [5.41, 5.74) is 2.66. The van der Waals surface area contributed by atoms with Crippen LogP contribution in [0.4, 0.5) is 0 Å². The molecule has 0 atom stereocenters. The first kappa shape index (κ1) is 14.4. The van der Waals surface area contributed by atoms with Gasteiger partial charge in [0.2, 0.25) is 0 Å². The van der Waals surface area contributed by atoms with E-state index in [1.165, 1.54) is 0 Å². The van der Waals surface area contributed by atoms with Crippen molar-refractivity contribution < 1.29 is 9.53 Å². The summed E-state index contributed by atoms with van der Waals surface area (Å²) in [5.74, 6) is 0.955. The van der Waals surface area contributed by atoms with Gasteiger partial charge in [0.05, 0.1) is 0 Å². The van der Waals surface area contributed by atoms with Gasteiger partial charge in [-0.15, -0.1) is 0 Å². The number of carbonyl (C=O) groups is 1. The molecular weight excluding hydrogens is 307 g/mol. The van der Waals surface area contributed by atoms with Gasteiger partial charge in [0, 0.05) is 27.6 Å². The lowest BCUT2D eigenvalue weighted by molar-refractivity contribution is 0.0972. The normalized spacial score (nSPS) is 13.9. The van der Waals surface area contributed by atoms with E-state index < -0.39 is 0 Å². The molecule has 0 bridgehead atoms. The van der Waals surface area contributed by atoms with Gasteiger partial charge < -0.3 is 4.74 Å². The van der Waals surface area contributed by atoms with E-state index in [9.17, 15) is 4.79 Å². The van der Waals surface area contributed by atoms with E-state index in [2.05, 4.69) is 0 Å². The lowest BCUT2D eigenvalue weighted by atomic mass is 9.90. The van der Waals surface area contributed by atoms with Crippen molar-refractivity contribution in [3.63, 3.8) is 0 Å². The highest BCUT2D eigenvalue weighted by Gasteiger charge is 2.17. The van der Waals surface area contributed by atoms with Crippen molar-refractivity contribution in [2.24, 2.45) is 0 Å². The number of ether oxygens (including phenoxy) is 1. The number of benzene rings is 2. The average Bonchev–Trinajstić information content (AvgIpc) is 2.47. The lowest BCUT2D eigenvalue weighted by Crippen LogP contribution is -2.10. The van der Waals surface area contributed by atoms with E-state index in [4.69, 9.17) is 27.9 Å². The van der Waals surface area contributed by atoms with E-state index in [0.29, 0.717) is 23.1 Å². The van der Waals surface area contributed by atoms with Crippen LogP contribution in [-0.2, 0) is 13.0 Å². The fourth-order valence-corrected chi connectivity index (χ4v) is 3.05. The van der Waals surface area contributed by atoms with Crippen LogP contribution >= 0.6 is 23.2 Å². The van der Waals surface area contributed by atoms with Gasteiger partial charge >= 0.3 is 0 Å². The third kappa shape index (κ3) is 3.07. The Balaban J connectivity index is 1.78. The molecule has 0 saturated heterocycles. The summed E-state index contributed by atoms with van der Waals surface area (Å²) in [5, 5.41) is 1.19. The predicted molar refractivity (Wildman–Crippen MR) is 84.5 cm³/mol. The maximum atomic E-state index is 11.8. The molecule has 108 valence electrons. The van der Waals surface area contributed by atoms with Crippen LogP contribution < -0.4 is 4.74 Å². The average molecular weight is 321 g/mol. The number of fused-ring (bicyclic) bond motifs is 1. The van der Waals surface area contributed by atoms with Crippen molar-refractivity contribution in [2.75, 3.05) is 0 Å². The number of hydrogen-bond acceptors (Lipinski definition) is 2. The second-order valence-corrected chi connectivity index (χ2v) is 5.90. The van der Waals surface area contributed by atoms with Gasteiger partial charge in [-0.3, -0.25) is 4.79 Å². The highest BCUT2D eigenvalue weighted by molar-refractivity contribution is 6.35. The second kappa shape index (κ2) is 6.08. The Hall–Kier alpha value is -1.51. The number of aryl methyl sites for hydroxylation is 1. The molecule has 2 nitrogen and oxygen atoms in total. The lowest BCUT2D eigenvalue weighted by Gasteiger charge is -2.16. The maximum absolute atomic E-state index is 11.8. The van der Waals surface area contributed by atoms with Crippen LogP contribution in [0.15, 0.2) is 36.4 Å². The minimum absolute atomic E-state index is 0.219. The van der Waals surface area contributed by atoms with Crippen molar-refractivity contribution in [3.8, 4) is 5.75 Å². The predicted octanol–water partition coefficient (Wildman–Crippen LogP) is 5.09. The van der Waals surface area contributed by atoms with Gasteiger partial charge in [-0.2, -0.15) is 0 Å². The van der Waals surface area contributed by atoms with Gasteiger partial charge in [0.15, 0.2) is 5.78 Å². The van der Waals surface area contributed by atoms with Crippen LogP contribution in [0, 0.1) is 0 Å². The fraction of sp³-hybridized carbons (Fsp3) is 0.235. The molecule has 0 spiro atoms. The van der Waals surface area contributed by atoms with E-state index in [1.807, 2.05) is 18.2 Å². The number of Topliss-reactive ketones (excluding diaryl/α,β-unsaturated/α-hetero) is 1. The molecule has 0 amide bonds. The van der Waals surface area contributed by atoms with Crippen molar-refractivity contribution in [2.45, 2.75) is 25.9 Å². The molecule has 1 aliphatic carbocycles. The molecule has 0 fully saturated rings. The molecule has 0 aliphatic heterocycles. The number of hydrogen-bond donors (Lipinski definition) is 0. The fourth-order valence-electron chi connectivity index (χ4n) is 2.54. The summed E-state index contributed by atoms with van der Waals surface area (Å²) in [6.45, 7) is 0.311. The Bertz CT molecular complexity index is 675. The third-order valence-corrected chi connectivity index (χ3v) is 4.38. The molecule has 2 aromatic carbocycles. The molecule has 0 aromatic heterocycles. The first-order chi connectivity index (χ1) is 10.1. The molecule has 3 rings (SSSR count). The highest BCUT2D eigenvalue weighted by atomic mass is 35.5. The SMILES string of the molecule is O=C1CCCc2cc(OCc3c(Cl)cccc3Cl)ccc21. The van der Waals surface area contributed by atoms with Crippen molar-refractivity contribution >= 4 is 29.0 Å². The number of halogens is 2. The molecular formula is C17H14Cl2O2. The summed E-state index contributed by atoms with van der Waals surface area (Å²) in [4.78, 5) is 11.8. The minimum Gasteiger partial charge on any atom is -0.489 e. The molecule has 4 heteroatoms. The number of carbonyl (C=O) groups excluding carboxylic acids is 1. The Kier molecular flexibility index (Phi) is 4.18. The quantitative estimate of drug-likeness (QED) is 0.787. The Labute approximate surface area is 133 Å². The highest BCUT2D eigenvalue weighted by Crippen LogP contribution is 2.28. The van der Waals surface area contributed by atoms with Crippen LogP contribution in [0.3, 0.4) is 0 Å². The van der Waals surface area contributed by atoms with Crippen molar-refractivity contribution in [1.29, 1.82) is 0 Å². The largest absolute Gasteiger partial charge is 0.489 e. The topological polar surface area (TPSA) is 26.3 Å². The number of ketones is 1. The Morgan fingerprint density at radius 1 is 1.05 bits per heavy atom. The van der Waals surface area contributed by atoms with Gasteiger partial charge in [-0.25, -0.2) is 0 Å². The molecule has 0 unspecified atom stereocenters. The van der Waals surface area contributed by atoms with Crippen LogP contribution in [-0.4, -0.2) is 5.78 Å². The molecule has 1 aliphatic rings. The summed E-state index contributed by atoms with van der Waals surface area (Å²) >= 11 is 12.2. The molecule has 0 N–H and O–H groups in total. The Morgan fingerprint density at radius 3 is 2.57 bits per heavy atom. The summed E-state index contributed by atoms with van der Waals surface area (Å²) in [7, 11) is 0. The van der Waals surface area contributed by atoms with E-state index in [1.54, 1.807) is 18.2 Å². The first-order valence-electron chi connectivity index (χ1n) is 6.87. The van der Waals surface area contributed by atoms with Crippen molar-refractivity contribution in [3.05, 3.63) is 63.1 Å². The monoisotopic (exact) mass is 320 g/mol. The minimum atomic E-state index is 0.219. The van der Waals surface area contributed by atoms with Crippen LogP contribution in [0.1, 0.15) is 34.3 Å². The summed E-state index contributed by atoms with van der Waals surface area (Å²) < 4.78 is 5.77. The van der Waals surface area contributed by atoms with Gasteiger partial charge in [0.1, 0.15) is 12.4 Å². The molecule has 21 heavy (non-hydrogen) atoms. The smallest absolute Gasteiger partial charge is 0.163 e. The van der Waals surface area contributed by atoms with Crippen molar-refractivity contribution in [1.82, 2.24) is 0 Å². The Morgan fingerprint density at radius 2 is 1.81 bits per heavy atom. The summed E-state index contributed by atoms with van der Waals surface area (Å²) in [6.07, 6.45) is 2.47. The number of rotatable bonds is 3.